The van der Waals surface area contributed by atoms with Crippen LogP contribution in [0.5, 0.6) is 0 Å². The topological polar surface area (TPSA) is 38.5 Å². The van der Waals surface area contributed by atoms with E-state index in [0.717, 1.165) is 38.5 Å². The zero-order valence-corrected chi connectivity index (χ0v) is 11.2. The minimum Gasteiger partial charge on any atom is -0.381 e. The normalized spacial score (nSPS) is 19.3. The van der Waals surface area contributed by atoms with Crippen molar-refractivity contribution >= 4 is 0 Å². The molecule has 0 aromatic rings. The highest BCUT2D eigenvalue weighted by Crippen LogP contribution is 2.25. The van der Waals surface area contributed by atoms with E-state index in [-0.39, 0.29) is 5.54 Å². The van der Waals surface area contributed by atoms with Gasteiger partial charge < -0.3 is 10.5 Å². The lowest BCUT2D eigenvalue weighted by Gasteiger charge is -2.42. The van der Waals surface area contributed by atoms with Gasteiger partial charge in [0.05, 0.1) is 0 Å². The van der Waals surface area contributed by atoms with Gasteiger partial charge in [0.2, 0.25) is 0 Å². The molecule has 16 heavy (non-hydrogen) atoms. The van der Waals surface area contributed by atoms with Crippen molar-refractivity contribution in [2.24, 2.45) is 11.7 Å². The molecule has 96 valence electrons. The van der Waals surface area contributed by atoms with Gasteiger partial charge in [-0.3, -0.25) is 4.90 Å². The van der Waals surface area contributed by atoms with Crippen molar-refractivity contribution < 1.29 is 4.74 Å². The molecule has 0 radical (unpaired) electrons. The predicted molar refractivity (Wildman–Crippen MR) is 68.5 cm³/mol. The fourth-order valence-electron chi connectivity index (χ4n) is 2.74. The molecule has 0 unspecified atom stereocenters. The van der Waals surface area contributed by atoms with Crippen LogP contribution in [-0.4, -0.2) is 43.8 Å². The first-order valence-corrected chi connectivity index (χ1v) is 6.67. The van der Waals surface area contributed by atoms with E-state index in [0.29, 0.717) is 0 Å². The Labute approximate surface area is 100 Å². The van der Waals surface area contributed by atoms with E-state index in [1.165, 1.54) is 19.4 Å². The molecule has 1 fully saturated rings. The maximum atomic E-state index is 5.97. The third kappa shape index (κ3) is 3.19. The summed E-state index contributed by atoms with van der Waals surface area (Å²) >= 11 is 0. The van der Waals surface area contributed by atoms with Gasteiger partial charge in [-0.25, -0.2) is 0 Å². The van der Waals surface area contributed by atoms with Gasteiger partial charge in [0.25, 0.3) is 0 Å². The van der Waals surface area contributed by atoms with Crippen LogP contribution in [-0.2, 0) is 4.74 Å². The number of rotatable bonds is 6. The molecule has 1 rings (SSSR count). The minimum absolute atomic E-state index is 0.207. The average Bonchev–Trinajstić information content (AvgIpc) is 2.33. The Kier molecular flexibility index (Phi) is 5.73. The zero-order chi connectivity index (χ0) is 12.0. The van der Waals surface area contributed by atoms with Crippen LogP contribution in [0, 0.1) is 5.92 Å². The van der Waals surface area contributed by atoms with Crippen LogP contribution in [0.15, 0.2) is 0 Å². The number of likely N-dealkylation sites (N-methyl/N-ethyl adjacent to an activating group) is 1. The molecule has 0 aliphatic carbocycles. The molecule has 0 bridgehead atoms. The molecule has 1 saturated heterocycles. The van der Waals surface area contributed by atoms with E-state index in [2.05, 4.69) is 25.8 Å². The van der Waals surface area contributed by atoms with Crippen molar-refractivity contribution in [3.8, 4) is 0 Å². The summed E-state index contributed by atoms with van der Waals surface area (Å²) in [6, 6.07) is 0. The highest BCUT2D eigenvalue weighted by molar-refractivity contribution is 4.88. The number of ether oxygens (including phenoxy) is 1. The van der Waals surface area contributed by atoms with Crippen molar-refractivity contribution in [2.75, 3.05) is 33.4 Å². The van der Waals surface area contributed by atoms with E-state index >= 15 is 0 Å². The standard InChI is InChI=1S/C13H28N2O/c1-4-13(5-2,11-14)15(3)10-12-6-8-16-9-7-12/h12H,4-11,14H2,1-3H3. The van der Waals surface area contributed by atoms with E-state index < -0.39 is 0 Å². The summed E-state index contributed by atoms with van der Waals surface area (Å²) in [5.41, 5.74) is 6.18. The molecule has 0 aromatic carbocycles. The molecule has 0 spiro atoms. The summed E-state index contributed by atoms with van der Waals surface area (Å²) in [5.74, 6) is 0.794. The van der Waals surface area contributed by atoms with Crippen molar-refractivity contribution in [1.82, 2.24) is 4.90 Å². The number of nitrogens with zero attached hydrogens (tertiary/aromatic N) is 1. The summed E-state index contributed by atoms with van der Waals surface area (Å²) in [6.45, 7) is 8.30. The maximum Gasteiger partial charge on any atom is 0.0469 e. The second-order valence-electron chi connectivity index (χ2n) is 5.07. The lowest BCUT2D eigenvalue weighted by Crippen LogP contribution is -2.53. The van der Waals surface area contributed by atoms with Crippen LogP contribution in [0.3, 0.4) is 0 Å². The summed E-state index contributed by atoms with van der Waals surface area (Å²) in [4.78, 5) is 2.49. The van der Waals surface area contributed by atoms with Gasteiger partial charge in [-0.2, -0.15) is 0 Å². The first kappa shape index (κ1) is 13.9. The molecule has 0 amide bonds. The van der Waals surface area contributed by atoms with Gasteiger partial charge >= 0.3 is 0 Å². The predicted octanol–water partition coefficient (Wildman–Crippen LogP) is 1.86. The largest absolute Gasteiger partial charge is 0.381 e. The molecule has 0 atom stereocenters. The van der Waals surface area contributed by atoms with Gasteiger partial charge in [0.15, 0.2) is 0 Å². The lowest BCUT2D eigenvalue weighted by molar-refractivity contribution is 0.0317. The molecule has 3 nitrogen and oxygen atoms in total. The van der Waals surface area contributed by atoms with Crippen LogP contribution in [0.4, 0.5) is 0 Å². The number of nitrogens with two attached hydrogens (primary N) is 1. The van der Waals surface area contributed by atoms with Crippen molar-refractivity contribution in [2.45, 2.75) is 45.1 Å². The first-order chi connectivity index (χ1) is 7.68. The van der Waals surface area contributed by atoms with E-state index in [4.69, 9.17) is 10.5 Å². The second-order valence-corrected chi connectivity index (χ2v) is 5.07. The third-order valence-corrected chi connectivity index (χ3v) is 4.38. The Morgan fingerprint density at radius 2 is 1.81 bits per heavy atom. The quantitative estimate of drug-likeness (QED) is 0.754. The molecule has 0 saturated carbocycles. The van der Waals surface area contributed by atoms with Gasteiger partial charge in [0, 0.05) is 31.8 Å². The molecule has 1 aliphatic heterocycles. The minimum atomic E-state index is 0.207. The van der Waals surface area contributed by atoms with Crippen LogP contribution < -0.4 is 5.73 Å². The van der Waals surface area contributed by atoms with Crippen LogP contribution in [0.2, 0.25) is 0 Å². The number of hydrogen-bond acceptors (Lipinski definition) is 3. The van der Waals surface area contributed by atoms with Gasteiger partial charge in [0.1, 0.15) is 0 Å². The summed E-state index contributed by atoms with van der Waals surface area (Å²) in [7, 11) is 2.23. The molecule has 1 aliphatic rings. The summed E-state index contributed by atoms with van der Waals surface area (Å²) in [6.07, 6.45) is 4.69. The molecule has 1 heterocycles. The smallest absolute Gasteiger partial charge is 0.0469 e. The average molecular weight is 228 g/mol. The molecule has 0 aromatic heterocycles. The van der Waals surface area contributed by atoms with Gasteiger partial charge in [-0.15, -0.1) is 0 Å². The second kappa shape index (κ2) is 6.58. The fraction of sp³-hybridized carbons (Fsp3) is 1.00. The number of hydrogen-bond donors (Lipinski definition) is 1. The van der Waals surface area contributed by atoms with Crippen LogP contribution >= 0.6 is 0 Å². The molecule has 2 N–H and O–H groups in total. The third-order valence-electron chi connectivity index (χ3n) is 4.38. The van der Waals surface area contributed by atoms with Crippen molar-refractivity contribution in [1.29, 1.82) is 0 Å². The monoisotopic (exact) mass is 228 g/mol. The van der Waals surface area contributed by atoms with Crippen molar-refractivity contribution in [3.63, 3.8) is 0 Å². The first-order valence-electron chi connectivity index (χ1n) is 6.67. The Morgan fingerprint density at radius 3 is 2.25 bits per heavy atom. The lowest BCUT2D eigenvalue weighted by atomic mass is 9.89. The van der Waals surface area contributed by atoms with Crippen LogP contribution in [0.1, 0.15) is 39.5 Å². The summed E-state index contributed by atoms with van der Waals surface area (Å²) in [5, 5.41) is 0. The zero-order valence-electron chi connectivity index (χ0n) is 11.2. The SMILES string of the molecule is CCC(CC)(CN)N(C)CC1CCOCC1. The Morgan fingerprint density at radius 1 is 1.25 bits per heavy atom. The van der Waals surface area contributed by atoms with E-state index in [1.807, 2.05) is 0 Å². The molecule has 3 heteroatoms. The van der Waals surface area contributed by atoms with Crippen LogP contribution in [0.25, 0.3) is 0 Å². The molecular formula is C13H28N2O. The maximum absolute atomic E-state index is 5.97. The fourth-order valence-corrected chi connectivity index (χ4v) is 2.74. The Hall–Kier alpha value is -0.120. The Bertz CT molecular complexity index is 178. The Balaban J connectivity index is 2.50. The molecular weight excluding hydrogens is 200 g/mol. The highest BCUT2D eigenvalue weighted by atomic mass is 16.5. The van der Waals surface area contributed by atoms with E-state index in [1.54, 1.807) is 0 Å². The highest BCUT2D eigenvalue weighted by Gasteiger charge is 2.31. The van der Waals surface area contributed by atoms with E-state index in [9.17, 15) is 0 Å². The summed E-state index contributed by atoms with van der Waals surface area (Å²) < 4.78 is 5.40. The van der Waals surface area contributed by atoms with Gasteiger partial charge in [-0.1, -0.05) is 13.8 Å². The van der Waals surface area contributed by atoms with Gasteiger partial charge in [-0.05, 0) is 38.6 Å². The van der Waals surface area contributed by atoms with Crippen molar-refractivity contribution in [3.05, 3.63) is 0 Å².